The van der Waals surface area contributed by atoms with Gasteiger partial charge in [-0.2, -0.15) is 13.2 Å². The number of halogens is 3. The van der Waals surface area contributed by atoms with Gasteiger partial charge in [-0.1, -0.05) is 30.0 Å². The van der Waals surface area contributed by atoms with Crippen LogP contribution in [0.25, 0.3) is 0 Å². The molecule has 2 N–H and O–H groups in total. The molecule has 0 bridgehead atoms. The molecule has 0 saturated carbocycles. The number of aryl methyl sites for hydroxylation is 1. The van der Waals surface area contributed by atoms with E-state index < -0.39 is 17.8 Å². The van der Waals surface area contributed by atoms with Crippen LogP contribution in [0.2, 0.25) is 0 Å². The van der Waals surface area contributed by atoms with E-state index in [-0.39, 0.29) is 11.3 Å². The Morgan fingerprint density at radius 3 is 2.65 bits per heavy atom. The fraction of sp³-hybridized carbons (Fsp3) is 0.364. The summed E-state index contributed by atoms with van der Waals surface area (Å²) in [6, 6.07) is 4.55. The van der Waals surface area contributed by atoms with Gasteiger partial charge < -0.3 is 5.73 Å². The lowest BCUT2D eigenvalue weighted by molar-refractivity contribution is -0.138. The molecule has 0 aliphatic rings. The summed E-state index contributed by atoms with van der Waals surface area (Å²) in [7, 11) is 1.65. The highest BCUT2D eigenvalue weighted by atomic mass is 32.2. The smallest absolute Gasteiger partial charge is 0.323 e. The van der Waals surface area contributed by atoms with E-state index in [1.54, 1.807) is 13.1 Å². The zero-order valence-electron chi connectivity index (χ0n) is 10.5. The van der Waals surface area contributed by atoms with Crippen LogP contribution in [0.5, 0.6) is 0 Å². The van der Waals surface area contributed by atoms with E-state index in [1.165, 1.54) is 28.6 Å². The molecule has 0 spiro atoms. The number of tetrazole rings is 1. The molecule has 0 aliphatic carbocycles. The number of rotatable bonds is 4. The van der Waals surface area contributed by atoms with Crippen molar-refractivity contribution in [2.24, 2.45) is 12.8 Å². The molecule has 0 aliphatic heterocycles. The van der Waals surface area contributed by atoms with Gasteiger partial charge in [-0.15, -0.1) is 5.10 Å². The van der Waals surface area contributed by atoms with Crippen molar-refractivity contribution in [1.82, 2.24) is 20.2 Å². The van der Waals surface area contributed by atoms with Crippen molar-refractivity contribution >= 4 is 11.8 Å². The number of aromatic nitrogens is 4. The first-order chi connectivity index (χ1) is 9.39. The lowest BCUT2D eigenvalue weighted by Gasteiger charge is -2.17. The highest BCUT2D eigenvalue weighted by molar-refractivity contribution is 7.99. The van der Waals surface area contributed by atoms with E-state index in [0.29, 0.717) is 5.16 Å². The summed E-state index contributed by atoms with van der Waals surface area (Å²) in [5.74, 6) is 0.251. The van der Waals surface area contributed by atoms with Crippen LogP contribution in [0.4, 0.5) is 13.2 Å². The number of thioether (sulfide) groups is 1. The molecule has 2 aromatic rings. The van der Waals surface area contributed by atoms with Crippen molar-refractivity contribution < 1.29 is 13.2 Å². The van der Waals surface area contributed by atoms with Gasteiger partial charge in [-0.3, -0.25) is 0 Å². The molecule has 1 unspecified atom stereocenters. The maximum atomic E-state index is 12.9. The molecule has 2 rings (SSSR count). The molecule has 20 heavy (non-hydrogen) atoms. The Morgan fingerprint density at radius 1 is 1.35 bits per heavy atom. The number of hydrogen-bond acceptors (Lipinski definition) is 5. The quantitative estimate of drug-likeness (QED) is 0.875. The normalized spacial score (nSPS) is 13.4. The molecular weight excluding hydrogens is 291 g/mol. The average molecular weight is 303 g/mol. The lowest BCUT2D eigenvalue weighted by Crippen LogP contribution is -2.19. The molecule has 0 radical (unpaired) electrons. The van der Waals surface area contributed by atoms with Gasteiger partial charge in [-0.25, -0.2) is 4.68 Å². The first kappa shape index (κ1) is 14.8. The van der Waals surface area contributed by atoms with Crippen molar-refractivity contribution in [2.45, 2.75) is 17.4 Å². The minimum Gasteiger partial charge on any atom is -0.323 e. The van der Waals surface area contributed by atoms with Crippen molar-refractivity contribution in [1.29, 1.82) is 0 Å². The number of alkyl halides is 3. The fourth-order valence-corrected chi connectivity index (χ4v) is 2.50. The van der Waals surface area contributed by atoms with Crippen molar-refractivity contribution in [3.63, 3.8) is 0 Å². The van der Waals surface area contributed by atoms with E-state index in [4.69, 9.17) is 5.73 Å². The molecule has 1 aromatic heterocycles. The Labute approximate surface area is 117 Å². The topological polar surface area (TPSA) is 69.6 Å². The van der Waals surface area contributed by atoms with Crippen molar-refractivity contribution in [2.75, 3.05) is 5.75 Å². The molecule has 9 heteroatoms. The minimum atomic E-state index is -4.41. The van der Waals surface area contributed by atoms with E-state index in [9.17, 15) is 13.2 Å². The zero-order valence-corrected chi connectivity index (χ0v) is 11.3. The molecule has 1 aromatic carbocycles. The van der Waals surface area contributed by atoms with E-state index in [0.717, 1.165) is 6.07 Å². The Bertz CT molecular complexity index is 583. The second-order valence-corrected chi connectivity index (χ2v) is 5.07. The highest BCUT2D eigenvalue weighted by Crippen LogP contribution is 2.35. The van der Waals surface area contributed by atoms with Gasteiger partial charge in [0.2, 0.25) is 5.16 Å². The van der Waals surface area contributed by atoms with Crippen LogP contribution in [0.1, 0.15) is 17.2 Å². The summed E-state index contributed by atoms with van der Waals surface area (Å²) < 4.78 is 40.1. The second-order valence-electron chi connectivity index (χ2n) is 4.09. The molecule has 1 heterocycles. The number of hydrogen-bond donors (Lipinski definition) is 1. The number of benzene rings is 1. The van der Waals surface area contributed by atoms with E-state index >= 15 is 0 Å². The SMILES string of the molecule is Cn1nnnc1SCC(N)c1ccccc1C(F)(F)F. The lowest BCUT2D eigenvalue weighted by atomic mass is 10.0. The van der Waals surface area contributed by atoms with Crippen LogP contribution < -0.4 is 5.73 Å². The Balaban J connectivity index is 2.14. The van der Waals surface area contributed by atoms with Crippen molar-refractivity contribution in [3.05, 3.63) is 35.4 Å². The maximum Gasteiger partial charge on any atom is 0.416 e. The van der Waals surface area contributed by atoms with Gasteiger partial charge in [0.15, 0.2) is 0 Å². The van der Waals surface area contributed by atoms with Gasteiger partial charge in [0.1, 0.15) is 0 Å². The molecule has 1 atom stereocenters. The van der Waals surface area contributed by atoms with Gasteiger partial charge >= 0.3 is 6.18 Å². The third-order valence-corrected chi connectivity index (χ3v) is 3.77. The standard InChI is InChI=1S/C11H12F3N5S/c1-19-10(16-17-18-19)20-6-9(15)7-4-2-3-5-8(7)11(12,13)14/h2-5,9H,6,15H2,1H3. The summed E-state index contributed by atoms with van der Waals surface area (Å²) in [4.78, 5) is 0. The maximum absolute atomic E-state index is 12.9. The number of nitrogens with two attached hydrogens (primary N) is 1. The highest BCUT2D eigenvalue weighted by Gasteiger charge is 2.34. The van der Waals surface area contributed by atoms with Crippen molar-refractivity contribution in [3.8, 4) is 0 Å². The van der Waals surface area contributed by atoms with E-state index in [2.05, 4.69) is 15.5 Å². The third-order valence-electron chi connectivity index (χ3n) is 2.64. The zero-order chi connectivity index (χ0) is 14.8. The Kier molecular flexibility index (Phi) is 4.29. The van der Waals surface area contributed by atoms with Crippen LogP contribution in [0.3, 0.4) is 0 Å². The van der Waals surface area contributed by atoms with Gasteiger partial charge in [0.25, 0.3) is 0 Å². The summed E-state index contributed by atoms with van der Waals surface area (Å²) >= 11 is 1.21. The predicted molar refractivity (Wildman–Crippen MR) is 67.9 cm³/mol. The molecular formula is C11H12F3N5S. The fourth-order valence-electron chi connectivity index (χ4n) is 1.68. The predicted octanol–water partition coefficient (Wildman–Crippen LogP) is 2.02. The van der Waals surface area contributed by atoms with Crippen LogP contribution >= 0.6 is 11.8 Å². The van der Waals surface area contributed by atoms with Crippen LogP contribution in [-0.4, -0.2) is 26.0 Å². The Hall–Kier alpha value is -1.61. The van der Waals surface area contributed by atoms with Crippen LogP contribution in [0.15, 0.2) is 29.4 Å². The summed E-state index contributed by atoms with van der Waals surface area (Å²) in [5, 5.41) is 11.3. The second kappa shape index (κ2) is 5.80. The first-order valence-electron chi connectivity index (χ1n) is 5.66. The molecule has 0 amide bonds. The molecule has 0 saturated heterocycles. The molecule has 5 nitrogen and oxygen atoms in total. The first-order valence-corrected chi connectivity index (χ1v) is 6.65. The monoisotopic (exact) mass is 303 g/mol. The molecule has 0 fully saturated rings. The average Bonchev–Trinajstić information content (AvgIpc) is 2.80. The van der Waals surface area contributed by atoms with Crippen LogP contribution in [-0.2, 0) is 13.2 Å². The summed E-state index contributed by atoms with van der Waals surface area (Å²) in [5.41, 5.74) is 5.23. The molecule has 108 valence electrons. The number of nitrogens with zero attached hydrogens (tertiary/aromatic N) is 4. The van der Waals surface area contributed by atoms with Gasteiger partial charge in [-0.05, 0) is 22.1 Å². The van der Waals surface area contributed by atoms with E-state index in [1.807, 2.05) is 0 Å². The summed E-state index contributed by atoms with van der Waals surface area (Å²) in [6.45, 7) is 0. The van der Waals surface area contributed by atoms with Crippen LogP contribution in [0, 0.1) is 0 Å². The minimum absolute atomic E-state index is 0.0719. The Morgan fingerprint density at radius 2 is 2.05 bits per heavy atom. The van der Waals surface area contributed by atoms with Gasteiger partial charge in [0.05, 0.1) is 5.56 Å². The third kappa shape index (κ3) is 3.28. The summed E-state index contributed by atoms with van der Waals surface area (Å²) in [6.07, 6.45) is -4.41. The van der Waals surface area contributed by atoms with Gasteiger partial charge in [0, 0.05) is 18.8 Å². The largest absolute Gasteiger partial charge is 0.416 e.